The minimum atomic E-state index is 0.108. The number of carbonyl (C=O) groups is 1. The average Bonchev–Trinajstić information content (AvgIpc) is 3.21. The van der Waals surface area contributed by atoms with Crippen molar-refractivity contribution in [2.45, 2.75) is 45.6 Å². The summed E-state index contributed by atoms with van der Waals surface area (Å²) in [5.74, 6) is 1.04. The Balaban J connectivity index is 1.29. The lowest BCUT2D eigenvalue weighted by Crippen LogP contribution is -2.33. The molecule has 2 fully saturated rings. The predicted octanol–water partition coefficient (Wildman–Crippen LogP) is 5.10. The maximum absolute atomic E-state index is 11.9. The summed E-state index contributed by atoms with van der Waals surface area (Å²) in [6.07, 6.45) is 4.12. The van der Waals surface area contributed by atoms with E-state index in [2.05, 4.69) is 53.6 Å². The summed E-state index contributed by atoms with van der Waals surface area (Å²) in [6, 6.07) is 16.8. The Morgan fingerprint density at radius 1 is 1.00 bits per heavy atom. The summed E-state index contributed by atoms with van der Waals surface area (Å²) < 4.78 is 0. The average molecular weight is 437 g/mol. The molecule has 1 amide bonds. The van der Waals surface area contributed by atoms with E-state index in [1.165, 1.54) is 24.1 Å². The number of nitrogens with one attached hydrogen (secondary N) is 2. The molecule has 0 aromatic heterocycles. The Hall–Kier alpha value is -2.60. The quantitative estimate of drug-likeness (QED) is 0.639. The van der Waals surface area contributed by atoms with Gasteiger partial charge < -0.3 is 20.4 Å². The van der Waals surface area contributed by atoms with Crippen molar-refractivity contribution in [3.63, 3.8) is 0 Å². The van der Waals surface area contributed by atoms with Crippen LogP contribution in [0.5, 0.6) is 0 Å². The van der Waals surface area contributed by atoms with Gasteiger partial charge in [-0.05, 0) is 86.3 Å². The first-order valence-corrected chi connectivity index (χ1v) is 11.7. The van der Waals surface area contributed by atoms with Crippen LogP contribution in [0, 0.1) is 5.92 Å². The second-order valence-electron chi connectivity index (χ2n) is 8.78. The highest BCUT2D eigenvalue weighted by Gasteiger charge is 2.21. The minimum Gasteiger partial charge on any atom is -0.372 e. The Morgan fingerprint density at radius 3 is 2.26 bits per heavy atom. The highest BCUT2D eigenvalue weighted by molar-refractivity contribution is 7.80. The summed E-state index contributed by atoms with van der Waals surface area (Å²) in [7, 11) is 0. The summed E-state index contributed by atoms with van der Waals surface area (Å²) >= 11 is 5.52. The van der Waals surface area contributed by atoms with Crippen molar-refractivity contribution < 1.29 is 4.79 Å². The molecule has 2 aromatic carbocycles. The fraction of sp³-hybridized carbons (Fsp3) is 0.440. The van der Waals surface area contributed by atoms with Crippen LogP contribution in [-0.2, 0) is 4.79 Å². The van der Waals surface area contributed by atoms with Crippen molar-refractivity contribution in [2.75, 3.05) is 34.8 Å². The van der Waals surface area contributed by atoms with E-state index in [0.29, 0.717) is 11.5 Å². The van der Waals surface area contributed by atoms with Crippen LogP contribution in [0.2, 0.25) is 0 Å². The van der Waals surface area contributed by atoms with Crippen molar-refractivity contribution in [2.24, 2.45) is 5.92 Å². The van der Waals surface area contributed by atoms with Crippen molar-refractivity contribution >= 4 is 40.3 Å². The highest BCUT2D eigenvalue weighted by atomic mass is 32.1. The van der Waals surface area contributed by atoms with Crippen LogP contribution in [0.15, 0.2) is 48.5 Å². The van der Waals surface area contributed by atoms with Crippen LogP contribution in [-0.4, -0.2) is 30.7 Å². The number of nitrogens with zero attached hydrogens (tertiary/aromatic N) is 2. The molecule has 1 atom stereocenters. The molecular formula is C25H32N4OS. The Kier molecular flexibility index (Phi) is 6.76. The molecule has 2 aliphatic rings. The third-order valence-electron chi connectivity index (χ3n) is 6.40. The fourth-order valence-electron chi connectivity index (χ4n) is 4.33. The van der Waals surface area contributed by atoms with Crippen LogP contribution in [0.3, 0.4) is 0 Å². The van der Waals surface area contributed by atoms with Crippen LogP contribution in [0.1, 0.15) is 51.1 Å². The number of thiocarbonyl (C=S) groups is 1. The fourth-order valence-corrected chi connectivity index (χ4v) is 4.63. The Labute approximate surface area is 190 Å². The molecule has 0 radical (unpaired) electrons. The normalized spacial score (nSPS) is 18.2. The zero-order valence-electron chi connectivity index (χ0n) is 18.4. The molecule has 0 unspecified atom stereocenters. The van der Waals surface area contributed by atoms with Gasteiger partial charge in [-0.2, -0.15) is 0 Å². The Bertz CT molecular complexity index is 904. The third-order valence-corrected chi connectivity index (χ3v) is 6.62. The van der Waals surface area contributed by atoms with Gasteiger partial charge in [0, 0.05) is 43.1 Å². The molecule has 6 heteroatoms. The van der Waals surface area contributed by atoms with E-state index >= 15 is 0 Å². The maximum Gasteiger partial charge on any atom is 0.227 e. The van der Waals surface area contributed by atoms with Gasteiger partial charge in [-0.3, -0.25) is 4.79 Å². The molecule has 2 aliphatic heterocycles. The molecular weight excluding hydrogens is 404 g/mol. The molecule has 0 aliphatic carbocycles. The van der Waals surface area contributed by atoms with Crippen LogP contribution in [0.4, 0.5) is 17.1 Å². The van der Waals surface area contributed by atoms with Gasteiger partial charge in [0.1, 0.15) is 0 Å². The standard InChI is InChI=1S/C25H32N4OS/c1-18-13-16-28(17-14-18)22-9-5-20(6-10-22)19(2)26-25(31)27-21-7-11-23(12-8-21)29-15-3-4-24(29)30/h5-12,18-19H,3-4,13-17H2,1-2H3,(H2,26,27,31)/t19-/m0/s1. The lowest BCUT2D eigenvalue weighted by atomic mass is 9.98. The van der Waals surface area contributed by atoms with E-state index in [1.807, 2.05) is 29.2 Å². The van der Waals surface area contributed by atoms with Crippen LogP contribution >= 0.6 is 12.2 Å². The van der Waals surface area contributed by atoms with Crippen molar-refractivity contribution in [3.8, 4) is 0 Å². The maximum atomic E-state index is 11.9. The smallest absolute Gasteiger partial charge is 0.227 e. The number of benzene rings is 2. The third kappa shape index (κ3) is 5.37. The van der Waals surface area contributed by atoms with E-state index < -0.39 is 0 Å². The molecule has 2 saturated heterocycles. The summed E-state index contributed by atoms with van der Waals surface area (Å²) in [6.45, 7) is 7.56. The number of anilines is 3. The van der Waals surface area contributed by atoms with Gasteiger partial charge >= 0.3 is 0 Å². The lowest BCUT2D eigenvalue weighted by molar-refractivity contribution is -0.117. The van der Waals surface area contributed by atoms with Gasteiger partial charge in [-0.25, -0.2) is 0 Å². The first-order chi connectivity index (χ1) is 15.0. The van der Waals surface area contributed by atoms with Gasteiger partial charge in [0.05, 0.1) is 6.04 Å². The highest BCUT2D eigenvalue weighted by Crippen LogP contribution is 2.25. The van der Waals surface area contributed by atoms with E-state index in [0.717, 1.165) is 43.3 Å². The summed E-state index contributed by atoms with van der Waals surface area (Å²) in [5, 5.41) is 7.21. The number of rotatable bonds is 5. The molecule has 0 bridgehead atoms. The lowest BCUT2D eigenvalue weighted by Gasteiger charge is -2.32. The largest absolute Gasteiger partial charge is 0.372 e. The monoisotopic (exact) mass is 436 g/mol. The molecule has 4 rings (SSSR count). The number of carbonyl (C=O) groups excluding carboxylic acids is 1. The van der Waals surface area contributed by atoms with E-state index in [-0.39, 0.29) is 11.9 Å². The zero-order chi connectivity index (χ0) is 21.8. The summed E-state index contributed by atoms with van der Waals surface area (Å²) in [4.78, 5) is 16.2. The first kappa shape index (κ1) is 21.6. The summed E-state index contributed by atoms with van der Waals surface area (Å²) in [5.41, 5.74) is 4.37. The van der Waals surface area contributed by atoms with E-state index in [9.17, 15) is 4.79 Å². The van der Waals surface area contributed by atoms with Gasteiger partial charge in [0.25, 0.3) is 0 Å². The molecule has 5 nitrogen and oxygen atoms in total. The van der Waals surface area contributed by atoms with Crippen molar-refractivity contribution in [1.29, 1.82) is 0 Å². The van der Waals surface area contributed by atoms with E-state index in [4.69, 9.17) is 12.2 Å². The molecule has 2 N–H and O–H groups in total. The van der Waals surface area contributed by atoms with Crippen LogP contribution in [0.25, 0.3) is 0 Å². The van der Waals surface area contributed by atoms with Gasteiger partial charge in [0.15, 0.2) is 5.11 Å². The van der Waals surface area contributed by atoms with Crippen LogP contribution < -0.4 is 20.4 Å². The SMILES string of the molecule is CC1CCN(c2ccc([C@H](C)NC(=S)Nc3ccc(N4CCCC4=O)cc3)cc2)CC1. The molecule has 0 saturated carbocycles. The van der Waals surface area contributed by atoms with Gasteiger partial charge in [0.2, 0.25) is 5.91 Å². The molecule has 2 aromatic rings. The number of piperidine rings is 1. The second kappa shape index (κ2) is 9.69. The van der Waals surface area contributed by atoms with Crippen molar-refractivity contribution in [1.82, 2.24) is 5.32 Å². The van der Waals surface area contributed by atoms with E-state index in [1.54, 1.807) is 0 Å². The number of amides is 1. The van der Waals surface area contributed by atoms with Gasteiger partial charge in [-0.1, -0.05) is 19.1 Å². The Morgan fingerprint density at radius 2 is 1.65 bits per heavy atom. The van der Waals surface area contributed by atoms with Crippen molar-refractivity contribution in [3.05, 3.63) is 54.1 Å². The molecule has 0 spiro atoms. The molecule has 164 valence electrons. The number of hydrogen-bond donors (Lipinski definition) is 2. The topological polar surface area (TPSA) is 47.6 Å². The second-order valence-corrected chi connectivity index (χ2v) is 9.19. The minimum absolute atomic E-state index is 0.108. The van der Waals surface area contributed by atoms with Gasteiger partial charge in [-0.15, -0.1) is 0 Å². The number of hydrogen-bond acceptors (Lipinski definition) is 3. The molecule has 31 heavy (non-hydrogen) atoms. The molecule has 2 heterocycles. The predicted molar refractivity (Wildman–Crippen MR) is 133 cm³/mol. The first-order valence-electron chi connectivity index (χ1n) is 11.3. The zero-order valence-corrected chi connectivity index (χ0v) is 19.3.